The third-order valence-electron chi connectivity index (χ3n) is 6.11. The minimum absolute atomic E-state index is 0.110. The molecule has 0 N–H and O–H groups in total. The van der Waals surface area contributed by atoms with Crippen LogP contribution in [0.1, 0.15) is 75.8 Å². The van der Waals surface area contributed by atoms with Crippen molar-refractivity contribution in [3.8, 4) is 11.1 Å². The molecule has 0 heterocycles. The van der Waals surface area contributed by atoms with E-state index in [0.29, 0.717) is 11.5 Å². The zero-order chi connectivity index (χ0) is 19.1. The zero-order valence-electron chi connectivity index (χ0n) is 16.9. The van der Waals surface area contributed by atoms with Crippen molar-refractivity contribution in [3.05, 3.63) is 71.6 Å². The van der Waals surface area contributed by atoms with Crippen molar-refractivity contribution in [3.63, 3.8) is 0 Å². The van der Waals surface area contributed by atoms with Crippen LogP contribution in [0, 0.1) is 11.7 Å². The molecule has 1 aliphatic rings. The van der Waals surface area contributed by atoms with Gasteiger partial charge in [0.2, 0.25) is 0 Å². The number of rotatable bonds is 7. The maximum atomic E-state index is 14.6. The van der Waals surface area contributed by atoms with Crippen molar-refractivity contribution < 1.29 is 4.39 Å². The van der Waals surface area contributed by atoms with E-state index in [4.69, 9.17) is 0 Å². The van der Waals surface area contributed by atoms with Gasteiger partial charge in [0.25, 0.3) is 0 Å². The summed E-state index contributed by atoms with van der Waals surface area (Å²) in [5.41, 5.74) is 4.19. The van der Waals surface area contributed by atoms with Gasteiger partial charge in [-0.1, -0.05) is 68.3 Å². The van der Waals surface area contributed by atoms with E-state index >= 15 is 0 Å². The SMILES string of the molecule is CC=CCCc1ccc(-c2ccc([C@H]3CC[C@H](CCC)CC3)cc2)c(F)c1. The van der Waals surface area contributed by atoms with Crippen LogP contribution in [-0.2, 0) is 6.42 Å². The highest BCUT2D eigenvalue weighted by atomic mass is 19.1. The second-order valence-electron chi connectivity index (χ2n) is 8.05. The van der Waals surface area contributed by atoms with Crippen LogP contribution in [0.15, 0.2) is 54.6 Å². The first-order valence-corrected chi connectivity index (χ1v) is 10.7. The van der Waals surface area contributed by atoms with Gasteiger partial charge < -0.3 is 0 Å². The summed E-state index contributed by atoms with van der Waals surface area (Å²) in [4.78, 5) is 0. The summed E-state index contributed by atoms with van der Waals surface area (Å²) in [5, 5.41) is 0. The van der Waals surface area contributed by atoms with Crippen LogP contribution in [-0.4, -0.2) is 0 Å². The fourth-order valence-electron chi connectivity index (χ4n) is 4.49. The van der Waals surface area contributed by atoms with Gasteiger partial charge in [0.1, 0.15) is 5.82 Å². The molecule has 0 spiro atoms. The van der Waals surface area contributed by atoms with E-state index in [2.05, 4.69) is 43.3 Å². The van der Waals surface area contributed by atoms with Crippen LogP contribution in [0.4, 0.5) is 4.39 Å². The van der Waals surface area contributed by atoms with E-state index < -0.39 is 0 Å². The molecule has 0 bridgehead atoms. The van der Waals surface area contributed by atoms with E-state index in [0.717, 1.165) is 29.9 Å². The minimum atomic E-state index is -0.110. The standard InChI is InChI=1S/C26H33F/c1-3-5-6-8-21-11-18-25(26(27)19-21)24-16-14-23(15-17-24)22-12-9-20(7-4-2)10-13-22/h3,5,11,14-20,22H,4,6-10,12-13H2,1-2H3/t20-,22-. The quantitative estimate of drug-likeness (QED) is 0.436. The number of benzene rings is 2. The summed E-state index contributed by atoms with van der Waals surface area (Å²) < 4.78 is 14.6. The monoisotopic (exact) mass is 364 g/mol. The summed E-state index contributed by atoms with van der Waals surface area (Å²) in [6.07, 6.45) is 14.1. The van der Waals surface area contributed by atoms with Gasteiger partial charge in [-0.25, -0.2) is 4.39 Å². The lowest BCUT2D eigenvalue weighted by Crippen LogP contribution is -2.13. The molecule has 0 aliphatic heterocycles. The van der Waals surface area contributed by atoms with Crippen LogP contribution in [0.5, 0.6) is 0 Å². The van der Waals surface area contributed by atoms with E-state index in [1.807, 2.05) is 19.1 Å². The van der Waals surface area contributed by atoms with Gasteiger partial charge in [-0.05, 0) is 80.0 Å². The Kier molecular flexibility index (Phi) is 7.26. The highest BCUT2D eigenvalue weighted by molar-refractivity contribution is 5.65. The molecular formula is C26H33F. The van der Waals surface area contributed by atoms with Gasteiger partial charge in [-0.2, -0.15) is 0 Å². The Labute approximate surface area is 164 Å². The normalized spacial score (nSPS) is 20.3. The zero-order valence-corrected chi connectivity index (χ0v) is 16.9. The molecule has 0 saturated heterocycles. The lowest BCUT2D eigenvalue weighted by atomic mass is 9.77. The van der Waals surface area contributed by atoms with Crippen molar-refractivity contribution >= 4 is 0 Å². The Bertz CT molecular complexity index is 733. The Morgan fingerprint density at radius 2 is 1.74 bits per heavy atom. The third kappa shape index (κ3) is 5.31. The third-order valence-corrected chi connectivity index (χ3v) is 6.11. The molecule has 1 aliphatic carbocycles. The number of aryl methyl sites for hydroxylation is 1. The summed E-state index contributed by atoms with van der Waals surface area (Å²) in [5.74, 6) is 1.51. The van der Waals surface area contributed by atoms with Crippen molar-refractivity contribution in [2.45, 2.75) is 71.1 Å². The lowest BCUT2D eigenvalue weighted by Gasteiger charge is -2.28. The van der Waals surface area contributed by atoms with Crippen molar-refractivity contribution in [2.24, 2.45) is 5.92 Å². The van der Waals surface area contributed by atoms with E-state index in [1.54, 1.807) is 6.07 Å². The van der Waals surface area contributed by atoms with Crippen molar-refractivity contribution in [1.29, 1.82) is 0 Å². The molecular weight excluding hydrogens is 331 g/mol. The molecule has 0 unspecified atom stereocenters. The average molecular weight is 365 g/mol. The Hall–Kier alpha value is -1.89. The molecule has 0 radical (unpaired) electrons. The molecule has 0 nitrogen and oxygen atoms in total. The predicted molar refractivity (Wildman–Crippen MR) is 115 cm³/mol. The van der Waals surface area contributed by atoms with Crippen LogP contribution in [0.2, 0.25) is 0 Å². The second-order valence-corrected chi connectivity index (χ2v) is 8.05. The van der Waals surface area contributed by atoms with E-state index in [-0.39, 0.29) is 5.82 Å². The molecule has 2 aromatic carbocycles. The molecule has 2 aromatic rings. The Balaban J connectivity index is 1.65. The largest absolute Gasteiger partial charge is 0.206 e. The van der Waals surface area contributed by atoms with Crippen LogP contribution >= 0.6 is 0 Å². The van der Waals surface area contributed by atoms with Gasteiger partial charge in [0.05, 0.1) is 0 Å². The van der Waals surface area contributed by atoms with Gasteiger partial charge in [-0.3, -0.25) is 0 Å². The first-order chi connectivity index (χ1) is 13.2. The first kappa shape index (κ1) is 19.9. The summed E-state index contributed by atoms with van der Waals surface area (Å²) in [6.45, 7) is 4.31. The molecule has 0 aromatic heterocycles. The first-order valence-electron chi connectivity index (χ1n) is 10.7. The molecule has 3 rings (SSSR count). The molecule has 1 heteroatoms. The molecule has 27 heavy (non-hydrogen) atoms. The average Bonchev–Trinajstić information content (AvgIpc) is 2.69. The van der Waals surface area contributed by atoms with Crippen molar-refractivity contribution in [2.75, 3.05) is 0 Å². The molecule has 1 saturated carbocycles. The Morgan fingerprint density at radius 1 is 1.00 bits per heavy atom. The van der Waals surface area contributed by atoms with E-state index in [1.165, 1.54) is 44.1 Å². The van der Waals surface area contributed by atoms with Crippen LogP contribution in [0.25, 0.3) is 11.1 Å². The number of allylic oxidation sites excluding steroid dienone is 2. The maximum absolute atomic E-state index is 14.6. The topological polar surface area (TPSA) is 0 Å². The highest BCUT2D eigenvalue weighted by Gasteiger charge is 2.21. The van der Waals surface area contributed by atoms with Gasteiger partial charge in [0, 0.05) is 5.56 Å². The van der Waals surface area contributed by atoms with Gasteiger partial charge in [0.15, 0.2) is 0 Å². The van der Waals surface area contributed by atoms with Crippen LogP contribution < -0.4 is 0 Å². The van der Waals surface area contributed by atoms with E-state index in [9.17, 15) is 4.39 Å². The Morgan fingerprint density at radius 3 is 2.37 bits per heavy atom. The summed E-state index contributed by atoms with van der Waals surface area (Å²) in [6, 6.07) is 14.3. The number of hydrogen-bond acceptors (Lipinski definition) is 0. The maximum Gasteiger partial charge on any atom is 0.131 e. The molecule has 0 amide bonds. The van der Waals surface area contributed by atoms with Gasteiger partial charge >= 0.3 is 0 Å². The molecule has 0 atom stereocenters. The van der Waals surface area contributed by atoms with Gasteiger partial charge in [-0.15, -0.1) is 0 Å². The molecule has 1 fully saturated rings. The fraction of sp³-hybridized carbons (Fsp3) is 0.462. The second kappa shape index (κ2) is 9.88. The summed E-state index contributed by atoms with van der Waals surface area (Å²) >= 11 is 0. The number of hydrogen-bond donors (Lipinski definition) is 0. The van der Waals surface area contributed by atoms with Crippen LogP contribution in [0.3, 0.4) is 0 Å². The lowest BCUT2D eigenvalue weighted by molar-refractivity contribution is 0.308. The highest BCUT2D eigenvalue weighted by Crippen LogP contribution is 2.38. The number of halogens is 1. The minimum Gasteiger partial charge on any atom is -0.206 e. The fourth-order valence-corrected chi connectivity index (χ4v) is 4.49. The van der Waals surface area contributed by atoms with Crippen molar-refractivity contribution in [1.82, 2.24) is 0 Å². The smallest absolute Gasteiger partial charge is 0.131 e. The predicted octanol–water partition coefficient (Wildman–Crippen LogP) is 8.08. The molecule has 144 valence electrons. The summed E-state index contributed by atoms with van der Waals surface area (Å²) in [7, 11) is 0.